The number of imidazole rings is 1. The van der Waals surface area contributed by atoms with E-state index in [0.717, 1.165) is 10.3 Å². The molecular weight excluding hydrogens is 302 g/mol. The highest BCUT2D eigenvalue weighted by Crippen LogP contribution is 2.23. The van der Waals surface area contributed by atoms with Gasteiger partial charge in [0.2, 0.25) is 5.95 Å². The second kappa shape index (κ2) is 4.43. The van der Waals surface area contributed by atoms with Crippen LogP contribution in [0.15, 0.2) is 41.6 Å². The van der Waals surface area contributed by atoms with Crippen LogP contribution in [0.25, 0.3) is 11.2 Å². The molecule has 0 spiro atoms. The molecule has 3 aromatic rings. The van der Waals surface area contributed by atoms with Crippen LogP contribution in [-0.2, 0) is 10.0 Å². The first-order chi connectivity index (χ1) is 9.50. The fraction of sp³-hybridized carbons (Fsp3) is 0. The first kappa shape index (κ1) is 12.8. The Labute approximate surface area is 119 Å². The average Bonchev–Trinajstić information content (AvgIpc) is 2.84. The van der Waals surface area contributed by atoms with Gasteiger partial charge in [-0.15, -0.1) is 0 Å². The number of anilines is 1. The Balaban J connectivity index is 2.31. The third-order valence-corrected chi connectivity index (χ3v) is 4.56. The summed E-state index contributed by atoms with van der Waals surface area (Å²) in [6.45, 7) is 0. The minimum Gasteiger partial charge on any atom is -0.368 e. The van der Waals surface area contributed by atoms with Crippen molar-refractivity contribution in [2.24, 2.45) is 0 Å². The molecule has 0 atom stereocenters. The number of benzene rings is 1. The standard InChI is InChI=1S/C11H8ClN5O2S/c12-9-8-10(16-11(13)15-9)17(6-14-8)20(18,19)7-4-2-1-3-5-7/h1-6H,(H2,13,15,16). The van der Waals surface area contributed by atoms with Gasteiger partial charge < -0.3 is 5.73 Å². The first-order valence-electron chi connectivity index (χ1n) is 5.47. The van der Waals surface area contributed by atoms with Crippen LogP contribution in [0.4, 0.5) is 5.95 Å². The average molecular weight is 310 g/mol. The number of hydrogen-bond acceptors (Lipinski definition) is 6. The molecule has 0 aliphatic rings. The molecule has 20 heavy (non-hydrogen) atoms. The highest BCUT2D eigenvalue weighted by molar-refractivity contribution is 7.90. The zero-order valence-electron chi connectivity index (χ0n) is 9.93. The monoisotopic (exact) mass is 309 g/mol. The van der Waals surface area contributed by atoms with Crippen molar-refractivity contribution in [1.29, 1.82) is 0 Å². The Bertz CT molecular complexity index is 892. The molecule has 0 aliphatic carbocycles. The third-order valence-electron chi connectivity index (χ3n) is 2.64. The minimum atomic E-state index is -3.81. The van der Waals surface area contributed by atoms with E-state index in [0.29, 0.717) is 0 Å². The van der Waals surface area contributed by atoms with E-state index < -0.39 is 10.0 Å². The van der Waals surface area contributed by atoms with E-state index in [2.05, 4.69) is 15.0 Å². The van der Waals surface area contributed by atoms with E-state index in [-0.39, 0.29) is 27.2 Å². The summed E-state index contributed by atoms with van der Waals surface area (Å²) < 4.78 is 26.0. The van der Waals surface area contributed by atoms with Gasteiger partial charge in [-0.2, -0.15) is 9.97 Å². The highest BCUT2D eigenvalue weighted by atomic mass is 35.5. The lowest BCUT2D eigenvalue weighted by Crippen LogP contribution is -2.13. The molecule has 0 amide bonds. The predicted molar refractivity (Wildman–Crippen MR) is 73.8 cm³/mol. The van der Waals surface area contributed by atoms with Gasteiger partial charge in [0.25, 0.3) is 10.0 Å². The number of aromatic nitrogens is 4. The first-order valence-corrected chi connectivity index (χ1v) is 7.28. The smallest absolute Gasteiger partial charge is 0.270 e. The normalized spacial score (nSPS) is 11.8. The number of rotatable bonds is 2. The molecule has 2 N–H and O–H groups in total. The lowest BCUT2D eigenvalue weighted by molar-refractivity contribution is 0.588. The van der Waals surface area contributed by atoms with Crippen LogP contribution >= 0.6 is 11.6 Å². The Morgan fingerprint density at radius 3 is 2.55 bits per heavy atom. The molecular formula is C11H8ClN5O2S. The van der Waals surface area contributed by atoms with Crippen LogP contribution in [0.2, 0.25) is 5.15 Å². The van der Waals surface area contributed by atoms with Crippen molar-refractivity contribution in [3.8, 4) is 0 Å². The van der Waals surface area contributed by atoms with Gasteiger partial charge in [-0.1, -0.05) is 29.8 Å². The molecule has 3 rings (SSSR count). The zero-order valence-corrected chi connectivity index (χ0v) is 11.5. The van der Waals surface area contributed by atoms with E-state index in [4.69, 9.17) is 17.3 Å². The van der Waals surface area contributed by atoms with E-state index in [1.165, 1.54) is 12.1 Å². The van der Waals surface area contributed by atoms with Crippen molar-refractivity contribution in [3.05, 3.63) is 41.8 Å². The van der Waals surface area contributed by atoms with Crippen LogP contribution in [0.3, 0.4) is 0 Å². The van der Waals surface area contributed by atoms with Crippen molar-refractivity contribution >= 4 is 38.7 Å². The second-order valence-corrected chi connectivity index (χ2v) is 6.08. The molecule has 0 unspecified atom stereocenters. The third kappa shape index (κ3) is 1.89. The fourth-order valence-electron chi connectivity index (χ4n) is 1.74. The molecule has 7 nitrogen and oxygen atoms in total. The van der Waals surface area contributed by atoms with Crippen molar-refractivity contribution in [3.63, 3.8) is 0 Å². The Hall–Kier alpha value is -2.19. The maximum Gasteiger partial charge on any atom is 0.270 e. The molecule has 1 aromatic carbocycles. The van der Waals surface area contributed by atoms with Gasteiger partial charge in [-0.05, 0) is 12.1 Å². The number of nitrogen functional groups attached to an aromatic ring is 1. The van der Waals surface area contributed by atoms with Crippen LogP contribution in [0.5, 0.6) is 0 Å². The zero-order chi connectivity index (χ0) is 14.3. The van der Waals surface area contributed by atoms with Gasteiger partial charge in [0.05, 0.1) is 4.90 Å². The van der Waals surface area contributed by atoms with Crippen molar-refractivity contribution in [2.45, 2.75) is 4.90 Å². The SMILES string of the molecule is Nc1nc(Cl)c2ncn(S(=O)(=O)c3ccccc3)c2n1. The predicted octanol–water partition coefficient (Wildman–Crippen LogP) is 1.30. The second-order valence-electron chi connectivity index (χ2n) is 3.90. The van der Waals surface area contributed by atoms with Crippen molar-refractivity contribution in [1.82, 2.24) is 18.9 Å². The van der Waals surface area contributed by atoms with Crippen LogP contribution < -0.4 is 5.73 Å². The molecule has 0 saturated carbocycles. The van der Waals surface area contributed by atoms with Crippen molar-refractivity contribution < 1.29 is 8.42 Å². The summed E-state index contributed by atoms with van der Waals surface area (Å²) in [4.78, 5) is 11.7. The number of nitrogens with zero attached hydrogens (tertiary/aromatic N) is 4. The molecule has 9 heteroatoms. The number of nitrogens with two attached hydrogens (primary N) is 1. The van der Waals surface area contributed by atoms with Crippen LogP contribution in [0.1, 0.15) is 0 Å². The molecule has 2 heterocycles. The van der Waals surface area contributed by atoms with Crippen LogP contribution in [-0.4, -0.2) is 27.3 Å². The van der Waals surface area contributed by atoms with Gasteiger partial charge in [-0.3, -0.25) is 0 Å². The highest BCUT2D eigenvalue weighted by Gasteiger charge is 2.22. The molecule has 0 aliphatic heterocycles. The Morgan fingerprint density at radius 2 is 1.85 bits per heavy atom. The van der Waals surface area contributed by atoms with Gasteiger partial charge in [0, 0.05) is 0 Å². The quantitative estimate of drug-likeness (QED) is 0.715. The number of hydrogen-bond donors (Lipinski definition) is 1. The molecule has 0 saturated heterocycles. The summed E-state index contributed by atoms with van der Waals surface area (Å²) in [6, 6.07) is 7.94. The molecule has 102 valence electrons. The molecule has 2 aromatic heterocycles. The lowest BCUT2D eigenvalue weighted by Gasteiger charge is -2.05. The van der Waals surface area contributed by atoms with E-state index in [1.807, 2.05) is 0 Å². The molecule has 0 fully saturated rings. The van der Waals surface area contributed by atoms with Gasteiger partial charge in [0.1, 0.15) is 11.8 Å². The van der Waals surface area contributed by atoms with Gasteiger partial charge in [-0.25, -0.2) is 17.4 Å². The maximum atomic E-state index is 12.5. The fourth-order valence-corrected chi connectivity index (χ4v) is 3.22. The van der Waals surface area contributed by atoms with E-state index >= 15 is 0 Å². The summed E-state index contributed by atoms with van der Waals surface area (Å²) >= 11 is 5.87. The number of fused-ring (bicyclic) bond motifs is 1. The van der Waals surface area contributed by atoms with Crippen LogP contribution in [0, 0.1) is 0 Å². The Morgan fingerprint density at radius 1 is 1.15 bits per heavy atom. The maximum absolute atomic E-state index is 12.5. The molecule has 0 radical (unpaired) electrons. The minimum absolute atomic E-state index is 0.00881. The van der Waals surface area contributed by atoms with E-state index in [9.17, 15) is 8.42 Å². The summed E-state index contributed by atoms with van der Waals surface area (Å²) in [5.74, 6) is -0.118. The summed E-state index contributed by atoms with van der Waals surface area (Å²) in [5, 5.41) is 0.00881. The van der Waals surface area contributed by atoms with Crippen molar-refractivity contribution in [2.75, 3.05) is 5.73 Å². The largest absolute Gasteiger partial charge is 0.368 e. The van der Waals surface area contributed by atoms with E-state index in [1.54, 1.807) is 18.2 Å². The summed E-state index contributed by atoms with van der Waals surface area (Å²) in [6.07, 6.45) is 1.13. The topological polar surface area (TPSA) is 104 Å². The van der Waals surface area contributed by atoms with Gasteiger partial charge in [0.15, 0.2) is 10.8 Å². The van der Waals surface area contributed by atoms with Gasteiger partial charge >= 0.3 is 0 Å². The number of halogens is 1. The Kier molecular flexibility index (Phi) is 2.84. The lowest BCUT2D eigenvalue weighted by atomic mass is 10.4. The summed E-state index contributed by atoms with van der Waals surface area (Å²) in [5.41, 5.74) is 5.72. The molecule has 0 bridgehead atoms. The summed E-state index contributed by atoms with van der Waals surface area (Å²) in [7, 11) is -3.81.